The lowest BCUT2D eigenvalue weighted by Crippen LogP contribution is -2.30. The number of carbonyl (C=O) groups excluding carboxylic acids is 1. The van der Waals surface area contributed by atoms with Crippen molar-refractivity contribution in [2.75, 3.05) is 42.3 Å². The molecule has 4 rings (SSSR count). The molecule has 2 aliphatic rings. The van der Waals surface area contributed by atoms with E-state index in [9.17, 15) is 9.18 Å². The summed E-state index contributed by atoms with van der Waals surface area (Å²) in [4.78, 5) is 14.3. The minimum Gasteiger partial charge on any atom is -0.369 e. The van der Waals surface area contributed by atoms with Gasteiger partial charge in [0.05, 0.1) is 31.0 Å². The maximum absolute atomic E-state index is 14.1. The van der Waals surface area contributed by atoms with E-state index in [1.165, 1.54) is 6.07 Å². The average Bonchev–Trinajstić information content (AvgIpc) is 3.27. The van der Waals surface area contributed by atoms with E-state index in [0.717, 1.165) is 16.9 Å². The molecule has 0 atom stereocenters. The lowest BCUT2D eigenvalue weighted by Gasteiger charge is -2.24. The van der Waals surface area contributed by atoms with E-state index in [-0.39, 0.29) is 17.8 Å². The number of anilines is 3. The smallest absolute Gasteiger partial charge is 0.257 e. The number of fused-ring (bicyclic) bond motifs is 1. The maximum atomic E-state index is 14.1. The lowest BCUT2D eigenvalue weighted by molar-refractivity contribution is -0.110. The fraction of sp³-hybridized carbons (Fsp3) is 0.286. The van der Waals surface area contributed by atoms with Gasteiger partial charge in [-0.1, -0.05) is 6.07 Å². The Kier molecular flexibility index (Phi) is 5.02. The summed E-state index contributed by atoms with van der Waals surface area (Å²) in [5.74, 6) is -0.745. The minimum absolute atomic E-state index is 0.206. The van der Waals surface area contributed by atoms with Crippen LogP contribution in [0.4, 0.5) is 21.5 Å². The standard InChI is InChI=1S/C21H22FN3O3/c1-13-10-14(6-7-18(13)25(2)12-19-27-8-9-28-19)23-11-15-20-16(22)4-3-5-17(20)24-21(15)26/h3-7,10-11,19,23H,8-9,12H2,1-2H3,(H,24,26). The number of benzene rings is 2. The number of amides is 1. The molecule has 7 heteroatoms. The largest absolute Gasteiger partial charge is 0.369 e. The van der Waals surface area contributed by atoms with Crippen molar-refractivity contribution in [1.29, 1.82) is 0 Å². The molecule has 0 aromatic heterocycles. The monoisotopic (exact) mass is 383 g/mol. The van der Waals surface area contributed by atoms with E-state index in [1.54, 1.807) is 18.3 Å². The summed E-state index contributed by atoms with van der Waals surface area (Å²) < 4.78 is 25.1. The average molecular weight is 383 g/mol. The SMILES string of the molecule is Cc1cc(NC=C2C(=O)Nc3cccc(F)c32)ccc1N(C)CC1OCCO1. The van der Waals surface area contributed by atoms with Gasteiger partial charge in [0.2, 0.25) is 0 Å². The third kappa shape index (κ3) is 3.58. The number of carbonyl (C=O) groups is 1. The Balaban J connectivity index is 1.50. The molecule has 6 nitrogen and oxygen atoms in total. The molecule has 2 heterocycles. The molecular formula is C21H22FN3O3. The number of ether oxygens (including phenoxy) is 2. The highest BCUT2D eigenvalue weighted by Crippen LogP contribution is 2.34. The van der Waals surface area contributed by atoms with Crippen molar-refractivity contribution < 1.29 is 18.7 Å². The zero-order chi connectivity index (χ0) is 19.7. The molecule has 146 valence electrons. The van der Waals surface area contributed by atoms with Gasteiger partial charge in [-0.05, 0) is 42.8 Å². The Morgan fingerprint density at radius 1 is 1.29 bits per heavy atom. The van der Waals surface area contributed by atoms with E-state index in [2.05, 4.69) is 15.5 Å². The summed E-state index contributed by atoms with van der Waals surface area (Å²) >= 11 is 0. The van der Waals surface area contributed by atoms with Crippen LogP contribution < -0.4 is 15.5 Å². The first-order valence-corrected chi connectivity index (χ1v) is 9.15. The van der Waals surface area contributed by atoms with Crippen molar-refractivity contribution >= 4 is 28.5 Å². The highest BCUT2D eigenvalue weighted by Gasteiger charge is 2.27. The predicted molar refractivity (Wildman–Crippen MR) is 107 cm³/mol. The second kappa shape index (κ2) is 7.61. The zero-order valence-corrected chi connectivity index (χ0v) is 15.8. The summed E-state index contributed by atoms with van der Waals surface area (Å²) in [6, 6.07) is 10.5. The molecule has 1 fully saturated rings. The molecule has 2 N–H and O–H groups in total. The van der Waals surface area contributed by atoms with Gasteiger partial charge >= 0.3 is 0 Å². The third-order valence-corrected chi connectivity index (χ3v) is 4.88. The zero-order valence-electron chi connectivity index (χ0n) is 15.8. The second-order valence-corrected chi connectivity index (χ2v) is 6.87. The van der Waals surface area contributed by atoms with Crippen molar-refractivity contribution in [3.05, 3.63) is 59.5 Å². The van der Waals surface area contributed by atoms with Crippen LogP contribution in [-0.2, 0) is 14.3 Å². The van der Waals surface area contributed by atoms with Gasteiger partial charge in [-0.3, -0.25) is 4.79 Å². The van der Waals surface area contributed by atoms with Gasteiger partial charge in [0.25, 0.3) is 5.91 Å². The predicted octanol–water partition coefficient (Wildman–Crippen LogP) is 3.35. The van der Waals surface area contributed by atoms with Crippen molar-refractivity contribution in [2.45, 2.75) is 13.2 Å². The van der Waals surface area contributed by atoms with E-state index in [0.29, 0.717) is 31.0 Å². The van der Waals surface area contributed by atoms with Gasteiger partial charge in [0, 0.05) is 30.2 Å². The summed E-state index contributed by atoms with van der Waals surface area (Å²) in [7, 11) is 1.99. The molecule has 0 radical (unpaired) electrons. The fourth-order valence-electron chi connectivity index (χ4n) is 3.51. The summed E-state index contributed by atoms with van der Waals surface area (Å²) in [5.41, 5.74) is 4.00. The first kappa shape index (κ1) is 18.5. The van der Waals surface area contributed by atoms with Crippen molar-refractivity contribution in [3.63, 3.8) is 0 Å². The van der Waals surface area contributed by atoms with Crippen LogP contribution in [0.15, 0.2) is 42.6 Å². The van der Waals surface area contributed by atoms with Gasteiger partial charge in [-0.15, -0.1) is 0 Å². The number of hydrogen-bond donors (Lipinski definition) is 2. The second-order valence-electron chi connectivity index (χ2n) is 6.87. The summed E-state index contributed by atoms with van der Waals surface area (Å²) in [6.07, 6.45) is 1.34. The van der Waals surface area contributed by atoms with Crippen molar-refractivity contribution in [2.24, 2.45) is 0 Å². The highest BCUT2D eigenvalue weighted by molar-refractivity contribution is 6.31. The molecule has 0 aliphatic carbocycles. The molecule has 0 spiro atoms. The first-order valence-electron chi connectivity index (χ1n) is 9.15. The van der Waals surface area contributed by atoms with E-state index < -0.39 is 5.82 Å². The van der Waals surface area contributed by atoms with Crippen molar-refractivity contribution in [3.8, 4) is 0 Å². The molecule has 2 aromatic rings. The van der Waals surface area contributed by atoms with Crippen LogP contribution in [0.2, 0.25) is 0 Å². The lowest BCUT2D eigenvalue weighted by atomic mass is 10.1. The highest BCUT2D eigenvalue weighted by atomic mass is 19.1. The van der Waals surface area contributed by atoms with Crippen LogP contribution in [0.3, 0.4) is 0 Å². The molecule has 2 aliphatic heterocycles. The number of nitrogens with one attached hydrogen (secondary N) is 2. The minimum atomic E-state index is -0.423. The molecule has 28 heavy (non-hydrogen) atoms. The molecule has 0 unspecified atom stereocenters. The third-order valence-electron chi connectivity index (χ3n) is 4.88. The van der Waals surface area contributed by atoms with Crippen LogP contribution >= 0.6 is 0 Å². The quantitative estimate of drug-likeness (QED) is 0.776. The van der Waals surface area contributed by atoms with Crippen LogP contribution in [0, 0.1) is 12.7 Å². The fourth-order valence-corrected chi connectivity index (χ4v) is 3.51. The summed E-state index contributed by atoms with van der Waals surface area (Å²) in [5, 5.41) is 5.78. The maximum Gasteiger partial charge on any atom is 0.257 e. The molecular weight excluding hydrogens is 361 g/mol. The van der Waals surface area contributed by atoms with E-state index >= 15 is 0 Å². The number of likely N-dealkylation sites (N-methyl/N-ethyl adjacent to an activating group) is 1. The number of aryl methyl sites for hydroxylation is 1. The van der Waals surface area contributed by atoms with Crippen LogP contribution in [-0.4, -0.2) is 39.0 Å². The molecule has 0 bridgehead atoms. The Hall–Kier alpha value is -2.90. The van der Waals surface area contributed by atoms with Gasteiger partial charge in [-0.25, -0.2) is 4.39 Å². The normalized spacial score (nSPS) is 17.7. The number of rotatable bonds is 5. The van der Waals surface area contributed by atoms with Gasteiger partial charge in [-0.2, -0.15) is 0 Å². The van der Waals surface area contributed by atoms with Gasteiger partial charge in [0.15, 0.2) is 6.29 Å². The van der Waals surface area contributed by atoms with Crippen LogP contribution in [0.5, 0.6) is 0 Å². The summed E-state index contributed by atoms with van der Waals surface area (Å²) in [6.45, 7) is 3.92. The molecule has 0 saturated carbocycles. The first-order chi connectivity index (χ1) is 13.5. The molecule has 2 aromatic carbocycles. The Bertz CT molecular complexity index is 938. The van der Waals surface area contributed by atoms with E-state index in [4.69, 9.17) is 9.47 Å². The van der Waals surface area contributed by atoms with Gasteiger partial charge < -0.3 is 25.0 Å². The topological polar surface area (TPSA) is 62.8 Å². The molecule has 1 saturated heterocycles. The Morgan fingerprint density at radius 2 is 2.07 bits per heavy atom. The Morgan fingerprint density at radius 3 is 2.82 bits per heavy atom. The number of hydrogen-bond acceptors (Lipinski definition) is 5. The van der Waals surface area contributed by atoms with Gasteiger partial charge in [0.1, 0.15) is 5.82 Å². The molecule has 1 amide bonds. The van der Waals surface area contributed by atoms with Crippen LogP contribution in [0.1, 0.15) is 11.1 Å². The van der Waals surface area contributed by atoms with Crippen molar-refractivity contribution in [1.82, 2.24) is 0 Å². The van der Waals surface area contributed by atoms with Crippen LogP contribution in [0.25, 0.3) is 5.57 Å². The number of halogens is 1. The van der Waals surface area contributed by atoms with E-state index in [1.807, 2.05) is 32.2 Å². The Labute approximate surface area is 162 Å². The number of nitrogens with zero attached hydrogens (tertiary/aromatic N) is 1.